The van der Waals surface area contributed by atoms with E-state index in [0.29, 0.717) is 0 Å². The third-order valence-electron chi connectivity index (χ3n) is 2.63. The minimum Gasteiger partial charge on any atom is -0.478 e. The molecule has 0 radical (unpaired) electrons. The number of rotatable bonds is 3. The van der Waals surface area contributed by atoms with Crippen LogP contribution in [0.2, 0.25) is 0 Å². The first-order valence-corrected chi connectivity index (χ1v) is 5.62. The molecule has 0 aliphatic rings. The summed E-state index contributed by atoms with van der Waals surface area (Å²) in [5, 5.41) is 11.5. The molecule has 0 aliphatic carbocycles. The van der Waals surface area contributed by atoms with Crippen molar-refractivity contribution in [3.8, 4) is 0 Å². The number of carboxylic acid groups (broad SMARTS) is 1. The SMILES string of the molecule is CC(C)(C)[C@H](N)C(=O)Nc1ccccc1C(=O)O. The molecule has 18 heavy (non-hydrogen) atoms. The molecule has 1 aromatic carbocycles. The number of aromatic carboxylic acids is 1. The highest BCUT2D eigenvalue weighted by Gasteiger charge is 2.28. The summed E-state index contributed by atoms with van der Waals surface area (Å²) in [6.45, 7) is 5.54. The number of carbonyl (C=O) groups is 2. The summed E-state index contributed by atoms with van der Waals surface area (Å²) in [4.78, 5) is 22.9. The zero-order chi connectivity index (χ0) is 13.9. The zero-order valence-electron chi connectivity index (χ0n) is 10.7. The lowest BCUT2D eigenvalue weighted by atomic mass is 9.87. The van der Waals surface area contributed by atoms with E-state index in [2.05, 4.69) is 5.32 Å². The molecule has 0 saturated carbocycles. The molecular formula is C13H18N2O3. The van der Waals surface area contributed by atoms with E-state index in [1.807, 2.05) is 20.8 Å². The first kappa shape index (κ1) is 14.2. The van der Waals surface area contributed by atoms with E-state index in [0.717, 1.165) is 0 Å². The number of amides is 1. The van der Waals surface area contributed by atoms with Gasteiger partial charge in [0.05, 0.1) is 17.3 Å². The number of hydrogen-bond donors (Lipinski definition) is 3. The van der Waals surface area contributed by atoms with Gasteiger partial charge in [-0.1, -0.05) is 32.9 Å². The van der Waals surface area contributed by atoms with E-state index in [1.54, 1.807) is 12.1 Å². The Morgan fingerprint density at radius 1 is 1.28 bits per heavy atom. The summed E-state index contributed by atoms with van der Waals surface area (Å²) in [7, 11) is 0. The van der Waals surface area contributed by atoms with Gasteiger partial charge in [-0.3, -0.25) is 4.79 Å². The van der Waals surface area contributed by atoms with E-state index in [1.165, 1.54) is 12.1 Å². The predicted octanol–water partition coefficient (Wildman–Crippen LogP) is 1.70. The van der Waals surface area contributed by atoms with Gasteiger partial charge in [0.25, 0.3) is 0 Å². The third kappa shape index (κ3) is 3.30. The Kier molecular flexibility index (Phi) is 4.08. The van der Waals surface area contributed by atoms with E-state index in [-0.39, 0.29) is 16.7 Å². The molecule has 4 N–H and O–H groups in total. The van der Waals surface area contributed by atoms with Crippen molar-refractivity contribution in [2.75, 3.05) is 5.32 Å². The average molecular weight is 250 g/mol. The van der Waals surface area contributed by atoms with E-state index in [9.17, 15) is 9.59 Å². The van der Waals surface area contributed by atoms with Crippen molar-refractivity contribution < 1.29 is 14.7 Å². The van der Waals surface area contributed by atoms with Gasteiger partial charge in [0.15, 0.2) is 0 Å². The molecule has 1 rings (SSSR count). The Morgan fingerprint density at radius 3 is 2.33 bits per heavy atom. The Bertz CT molecular complexity index is 464. The zero-order valence-corrected chi connectivity index (χ0v) is 10.7. The van der Waals surface area contributed by atoms with Crippen molar-refractivity contribution in [3.05, 3.63) is 29.8 Å². The second-order valence-electron chi connectivity index (χ2n) is 5.18. The molecule has 0 fully saturated rings. The van der Waals surface area contributed by atoms with Crippen molar-refractivity contribution >= 4 is 17.6 Å². The van der Waals surface area contributed by atoms with Crippen LogP contribution in [0.25, 0.3) is 0 Å². The van der Waals surface area contributed by atoms with Crippen LogP contribution in [0.4, 0.5) is 5.69 Å². The van der Waals surface area contributed by atoms with Gasteiger partial charge in [0.2, 0.25) is 5.91 Å². The van der Waals surface area contributed by atoms with E-state index in [4.69, 9.17) is 10.8 Å². The quantitative estimate of drug-likeness (QED) is 0.761. The number of benzene rings is 1. The molecule has 5 nitrogen and oxygen atoms in total. The molecule has 1 amide bonds. The second kappa shape index (κ2) is 5.18. The summed E-state index contributed by atoms with van der Waals surface area (Å²) in [5.74, 6) is -1.48. The smallest absolute Gasteiger partial charge is 0.337 e. The van der Waals surface area contributed by atoms with Gasteiger partial charge in [-0.2, -0.15) is 0 Å². The number of anilines is 1. The Balaban J connectivity index is 2.92. The molecule has 0 aliphatic heterocycles. The second-order valence-corrected chi connectivity index (χ2v) is 5.18. The first-order valence-electron chi connectivity index (χ1n) is 5.62. The van der Waals surface area contributed by atoms with Gasteiger partial charge in [-0.05, 0) is 17.5 Å². The number of nitrogens with two attached hydrogens (primary N) is 1. The monoisotopic (exact) mass is 250 g/mol. The lowest BCUT2D eigenvalue weighted by molar-refractivity contribution is -0.119. The maximum absolute atomic E-state index is 11.9. The maximum Gasteiger partial charge on any atom is 0.337 e. The van der Waals surface area contributed by atoms with Crippen molar-refractivity contribution in [2.45, 2.75) is 26.8 Å². The molecule has 1 atom stereocenters. The standard InChI is InChI=1S/C13H18N2O3/c1-13(2,3)10(14)11(16)15-9-7-5-4-6-8(9)12(17)18/h4-7,10H,14H2,1-3H3,(H,15,16)(H,17,18)/t10-/m1/s1. The van der Waals surface area contributed by atoms with Crippen LogP contribution in [0.5, 0.6) is 0 Å². The third-order valence-corrected chi connectivity index (χ3v) is 2.63. The minimum atomic E-state index is -1.09. The number of nitrogens with one attached hydrogen (secondary N) is 1. The lowest BCUT2D eigenvalue weighted by Crippen LogP contribution is -2.45. The van der Waals surface area contributed by atoms with E-state index >= 15 is 0 Å². The van der Waals surface area contributed by atoms with Gasteiger partial charge in [-0.25, -0.2) is 4.79 Å². The highest BCUT2D eigenvalue weighted by atomic mass is 16.4. The Hall–Kier alpha value is -1.88. The largest absolute Gasteiger partial charge is 0.478 e. The fourth-order valence-electron chi connectivity index (χ4n) is 1.38. The van der Waals surface area contributed by atoms with Crippen molar-refractivity contribution in [2.24, 2.45) is 11.1 Å². The van der Waals surface area contributed by atoms with Crippen LogP contribution in [0.3, 0.4) is 0 Å². The highest BCUT2D eigenvalue weighted by molar-refractivity contribution is 6.02. The van der Waals surface area contributed by atoms with Crippen molar-refractivity contribution in [3.63, 3.8) is 0 Å². The fraction of sp³-hybridized carbons (Fsp3) is 0.385. The van der Waals surface area contributed by atoms with Crippen LogP contribution >= 0.6 is 0 Å². The van der Waals surface area contributed by atoms with Crippen LogP contribution in [-0.2, 0) is 4.79 Å². The Labute approximate surface area is 106 Å². The molecule has 0 bridgehead atoms. The maximum atomic E-state index is 11.9. The molecule has 0 spiro atoms. The number of hydrogen-bond acceptors (Lipinski definition) is 3. The lowest BCUT2D eigenvalue weighted by Gasteiger charge is -2.26. The summed E-state index contributed by atoms with van der Waals surface area (Å²) < 4.78 is 0. The normalized spacial score (nSPS) is 12.9. The predicted molar refractivity (Wildman–Crippen MR) is 69.5 cm³/mol. The molecule has 0 saturated heterocycles. The molecule has 5 heteroatoms. The summed E-state index contributed by atoms with van der Waals surface area (Å²) >= 11 is 0. The van der Waals surface area contributed by atoms with Gasteiger partial charge < -0.3 is 16.2 Å². The summed E-state index contributed by atoms with van der Waals surface area (Å²) in [5.41, 5.74) is 5.73. The van der Waals surface area contributed by atoms with E-state index < -0.39 is 17.9 Å². The average Bonchev–Trinajstić information content (AvgIpc) is 2.27. The minimum absolute atomic E-state index is 0.0481. The number of carboxylic acids is 1. The van der Waals surface area contributed by atoms with Gasteiger partial charge in [0, 0.05) is 0 Å². The first-order chi connectivity index (χ1) is 8.23. The molecule has 98 valence electrons. The number of para-hydroxylation sites is 1. The van der Waals surface area contributed by atoms with Crippen molar-refractivity contribution in [1.29, 1.82) is 0 Å². The van der Waals surface area contributed by atoms with Crippen LogP contribution in [0, 0.1) is 5.41 Å². The van der Waals surface area contributed by atoms with Crippen LogP contribution in [-0.4, -0.2) is 23.0 Å². The van der Waals surface area contributed by atoms with Crippen molar-refractivity contribution in [1.82, 2.24) is 0 Å². The fourth-order valence-corrected chi connectivity index (χ4v) is 1.38. The molecule has 1 aromatic rings. The topological polar surface area (TPSA) is 92.4 Å². The molecule has 0 heterocycles. The van der Waals surface area contributed by atoms with Crippen LogP contribution in [0.15, 0.2) is 24.3 Å². The molecule has 0 aromatic heterocycles. The Morgan fingerprint density at radius 2 is 1.83 bits per heavy atom. The number of carbonyl (C=O) groups excluding carboxylic acids is 1. The summed E-state index contributed by atoms with van der Waals surface area (Å²) in [6.07, 6.45) is 0. The molecular weight excluding hydrogens is 232 g/mol. The summed E-state index contributed by atoms with van der Waals surface area (Å²) in [6, 6.07) is 5.52. The molecule has 0 unspecified atom stereocenters. The van der Waals surface area contributed by atoms with Crippen LogP contribution < -0.4 is 11.1 Å². The van der Waals surface area contributed by atoms with Crippen LogP contribution in [0.1, 0.15) is 31.1 Å². The van der Waals surface area contributed by atoms with Gasteiger partial charge in [-0.15, -0.1) is 0 Å². The highest BCUT2D eigenvalue weighted by Crippen LogP contribution is 2.20. The van der Waals surface area contributed by atoms with Gasteiger partial charge in [0.1, 0.15) is 0 Å². The van der Waals surface area contributed by atoms with Gasteiger partial charge >= 0.3 is 5.97 Å².